The maximum atomic E-state index is 12.8. The molecule has 0 bridgehead atoms. The Labute approximate surface area is 201 Å². The molecule has 0 aliphatic rings. The number of halogens is 2. The number of carbonyl (C=O) groups is 3. The SMILES string of the molecule is COc1ccc(Cl)cc1C(=O)NNC(=O)CC(NC(=O)c1ccccc1Cl)c1ccccc1. The summed E-state index contributed by atoms with van der Waals surface area (Å²) in [6.07, 6.45) is -0.132. The minimum atomic E-state index is -0.660. The van der Waals surface area contributed by atoms with E-state index in [1.165, 1.54) is 13.2 Å². The van der Waals surface area contributed by atoms with Gasteiger partial charge in [0.2, 0.25) is 5.91 Å². The van der Waals surface area contributed by atoms with Crippen LogP contribution in [0.1, 0.15) is 38.7 Å². The highest BCUT2D eigenvalue weighted by Gasteiger charge is 2.21. The summed E-state index contributed by atoms with van der Waals surface area (Å²) >= 11 is 12.1. The van der Waals surface area contributed by atoms with Gasteiger partial charge in [0, 0.05) is 5.02 Å². The molecule has 0 fully saturated rings. The first-order chi connectivity index (χ1) is 15.9. The Kier molecular flexibility index (Phi) is 8.29. The van der Waals surface area contributed by atoms with Crippen LogP contribution in [0.5, 0.6) is 5.75 Å². The van der Waals surface area contributed by atoms with Gasteiger partial charge in [-0.25, -0.2) is 0 Å². The Balaban J connectivity index is 1.69. The molecule has 9 heteroatoms. The number of hydrogen-bond donors (Lipinski definition) is 3. The van der Waals surface area contributed by atoms with Gasteiger partial charge in [-0.3, -0.25) is 25.2 Å². The zero-order chi connectivity index (χ0) is 23.8. The maximum absolute atomic E-state index is 12.8. The van der Waals surface area contributed by atoms with Crippen LogP contribution in [0, 0.1) is 0 Å². The van der Waals surface area contributed by atoms with Crippen molar-refractivity contribution in [2.24, 2.45) is 0 Å². The molecule has 0 saturated heterocycles. The van der Waals surface area contributed by atoms with Gasteiger partial charge in [-0.15, -0.1) is 0 Å². The Hall–Kier alpha value is -3.55. The number of nitrogens with one attached hydrogen (secondary N) is 3. The van der Waals surface area contributed by atoms with Crippen molar-refractivity contribution in [3.8, 4) is 5.75 Å². The first-order valence-corrected chi connectivity index (χ1v) is 10.7. The summed E-state index contributed by atoms with van der Waals surface area (Å²) in [6, 6.07) is 19.5. The minimum absolute atomic E-state index is 0.132. The zero-order valence-corrected chi connectivity index (χ0v) is 19.1. The fourth-order valence-corrected chi connectivity index (χ4v) is 3.50. The summed E-state index contributed by atoms with van der Waals surface area (Å²) in [7, 11) is 1.42. The van der Waals surface area contributed by atoms with E-state index in [-0.39, 0.29) is 12.0 Å². The van der Waals surface area contributed by atoms with E-state index in [2.05, 4.69) is 16.2 Å². The number of hydrogen-bond acceptors (Lipinski definition) is 4. The topological polar surface area (TPSA) is 96.5 Å². The molecule has 33 heavy (non-hydrogen) atoms. The van der Waals surface area contributed by atoms with E-state index in [1.807, 2.05) is 6.07 Å². The third-order valence-corrected chi connectivity index (χ3v) is 5.30. The van der Waals surface area contributed by atoms with Crippen LogP contribution in [0.2, 0.25) is 10.0 Å². The second-order valence-electron chi connectivity index (χ2n) is 6.97. The predicted molar refractivity (Wildman–Crippen MR) is 126 cm³/mol. The quantitative estimate of drug-likeness (QED) is 0.434. The molecule has 0 heterocycles. The molecule has 3 rings (SSSR count). The summed E-state index contributed by atoms with van der Waals surface area (Å²) in [5.74, 6) is -1.23. The van der Waals surface area contributed by atoms with Crippen molar-refractivity contribution in [1.82, 2.24) is 16.2 Å². The lowest BCUT2D eigenvalue weighted by molar-refractivity contribution is -0.122. The van der Waals surface area contributed by atoms with Crippen LogP contribution in [0.3, 0.4) is 0 Å². The first-order valence-electron chi connectivity index (χ1n) is 9.92. The highest BCUT2D eigenvalue weighted by Crippen LogP contribution is 2.23. The van der Waals surface area contributed by atoms with E-state index in [4.69, 9.17) is 27.9 Å². The van der Waals surface area contributed by atoms with Crippen molar-refractivity contribution in [3.63, 3.8) is 0 Å². The Morgan fingerprint density at radius 1 is 0.848 bits per heavy atom. The van der Waals surface area contributed by atoms with Crippen molar-refractivity contribution in [2.45, 2.75) is 12.5 Å². The van der Waals surface area contributed by atoms with Crippen LogP contribution in [-0.2, 0) is 4.79 Å². The summed E-state index contributed by atoms with van der Waals surface area (Å²) in [4.78, 5) is 37.9. The third kappa shape index (κ3) is 6.47. The molecule has 1 unspecified atom stereocenters. The third-order valence-electron chi connectivity index (χ3n) is 4.74. The highest BCUT2D eigenvalue weighted by atomic mass is 35.5. The molecular formula is C24H21Cl2N3O4. The fourth-order valence-electron chi connectivity index (χ4n) is 3.11. The van der Waals surface area contributed by atoms with Gasteiger partial charge < -0.3 is 10.1 Å². The fraction of sp³-hybridized carbons (Fsp3) is 0.125. The number of amides is 3. The summed E-state index contributed by atoms with van der Waals surface area (Å²) in [5, 5.41) is 3.48. The van der Waals surface area contributed by atoms with Crippen LogP contribution in [-0.4, -0.2) is 24.8 Å². The van der Waals surface area contributed by atoms with E-state index in [0.29, 0.717) is 21.4 Å². The lowest BCUT2D eigenvalue weighted by Gasteiger charge is -2.20. The van der Waals surface area contributed by atoms with Gasteiger partial charge in [0.1, 0.15) is 5.75 Å². The lowest BCUT2D eigenvalue weighted by Crippen LogP contribution is -2.43. The van der Waals surface area contributed by atoms with Gasteiger partial charge in [-0.2, -0.15) is 0 Å². The zero-order valence-electron chi connectivity index (χ0n) is 17.6. The monoisotopic (exact) mass is 485 g/mol. The van der Waals surface area contributed by atoms with E-state index in [9.17, 15) is 14.4 Å². The first kappa shape index (κ1) is 24.1. The maximum Gasteiger partial charge on any atom is 0.273 e. The summed E-state index contributed by atoms with van der Waals surface area (Å²) < 4.78 is 5.16. The Morgan fingerprint density at radius 3 is 2.24 bits per heavy atom. The normalized spacial score (nSPS) is 11.2. The average molecular weight is 486 g/mol. The van der Waals surface area contributed by atoms with Gasteiger partial charge in [0.25, 0.3) is 11.8 Å². The predicted octanol–water partition coefficient (Wildman–Crippen LogP) is 4.32. The van der Waals surface area contributed by atoms with Crippen molar-refractivity contribution in [2.75, 3.05) is 7.11 Å². The number of hydrazine groups is 1. The van der Waals surface area contributed by atoms with Gasteiger partial charge in [0.15, 0.2) is 0 Å². The molecule has 0 radical (unpaired) electrons. The highest BCUT2D eigenvalue weighted by molar-refractivity contribution is 6.33. The van der Waals surface area contributed by atoms with E-state index in [1.54, 1.807) is 60.7 Å². The molecule has 0 saturated carbocycles. The number of rotatable bonds is 7. The average Bonchev–Trinajstić information content (AvgIpc) is 2.82. The summed E-state index contributed by atoms with van der Waals surface area (Å²) in [5.41, 5.74) is 5.88. The minimum Gasteiger partial charge on any atom is -0.496 e. The molecule has 7 nitrogen and oxygen atoms in total. The number of benzene rings is 3. The van der Waals surface area contributed by atoms with E-state index >= 15 is 0 Å². The standard InChI is InChI=1S/C24H21Cl2N3O4/c1-33-21-12-11-16(25)13-18(21)24(32)29-28-22(30)14-20(15-7-3-2-4-8-15)27-23(31)17-9-5-6-10-19(17)26/h2-13,20H,14H2,1H3,(H,27,31)(H,28,30)(H,29,32). The Bertz CT molecular complexity index is 1160. The molecule has 3 amide bonds. The van der Waals surface area contributed by atoms with Crippen molar-refractivity contribution in [1.29, 1.82) is 0 Å². The van der Waals surface area contributed by atoms with Crippen LogP contribution in [0.4, 0.5) is 0 Å². The summed E-state index contributed by atoms with van der Waals surface area (Å²) in [6.45, 7) is 0. The van der Waals surface area contributed by atoms with Gasteiger partial charge >= 0.3 is 0 Å². The lowest BCUT2D eigenvalue weighted by atomic mass is 10.0. The molecule has 0 aliphatic heterocycles. The number of carbonyl (C=O) groups excluding carboxylic acids is 3. The van der Waals surface area contributed by atoms with Gasteiger partial charge in [-0.05, 0) is 35.9 Å². The number of methoxy groups -OCH3 is 1. The van der Waals surface area contributed by atoms with Crippen LogP contribution < -0.4 is 20.9 Å². The molecule has 170 valence electrons. The van der Waals surface area contributed by atoms with Crippen molar-refractivity contribution >= 4 is 40.9 Å². The van der Waals surface area contributed by atoms with Crippen molar-refractivity contribution < 1.29 is 19.1 Å². The molecule has 0 aromatic heterocycles. The molecular weight excluding hydrogens is 465 g/mol. The number of ether oxygens (including phenoxy) is 1. The van der Waals surface area contributed by atoms with Crippen LogP contribution in [0.15, 0.2) is 72.8 Å². The molecule has 0 spiro atoms. The molecule has 3 aromatic carbocycles. The van der Waals surface area contributed by atoms with E-state index in [0.717, 1.165) is 5.56 Å². The van der Waals surface area contributed by atoms with Crippen LogP contribution in [0.25, 0.3) is 0 Å². The van der Waals surface area contributed by atoms with E-state index < -0.39 is 23.8 Å². The molecule has 0 aliphatic carbocycles. The molecule has 3 N–H and O–H groups in total. The largest absolute Gasteiger partial charge is 0.496 e. The Morgan fingerprint density at radius 2 is 1.55 bits per heavy atom. The smallest absolute Gasteiger partial charge is 0.273 e. The molecule has 1 atom stereocenters. The molecule has 3 aromatic rings. The van der Waals surface area contributed by atoms with Crippen LogP contribution >= 0.6 is 23.2 Å². The van der Waals surface area contributed by atoms with Gasteiger partial charge in [0.05, 0.1) is 35.7 Å². The second-order valence-corrected chi connectivity index (χ2v) is 7.81. The second kappa shape index (κ2) is 11.4. The van der Waals surface area contributed by atoms with Gasteiger partial charge in [-0.1, -0.05) is 65.7 Å². The van der Waals surface area contributed by atoms with Crippen molar-refractivity contribution in [3.05, 3.63) is 99.5 Å².